The molecule has 0 atom stereocenters. The van der Waals surface area contributed by atoms with Gasteiger partial charge in [-0.1, -0.05) is 6.92 Å². The Labute approximate surface area is 130 Å². The number of rotatable bonds is 7. The van der Waals surface area contributed by atoms with Crippen LogP contribution in [0, 0.1) is 19.7 Å². The summed E-state index contributed by atoms with van der Waals surface area (Å²) in [6, 6.07) is 7.05. The van der Waals surface area contributed by atoms with Crippen LogP contribution in [0.4, 0.5) is 4.39 Å². The van der Waals surface area contributed by atoms with Gasteiger partial charge < -0.3 is 10.1 Å². The quantitative estimate of drug-likeness (QED) is 0.756. The third kappa shape index (κ3) is 4.55. The molecule has 1 aromatic carbocycles. The average Bonchev–Trinajstić information content (AvgIpc) is 2.81. The average molecular weight is 307 g/mol. The molecule has 0 saturated heterocycles. The second kappa shape index (κ2) is 7.57. The third-order valence-corrected chi connectivity index (χ3v) is 4.41. The maximum atomic E-state index is 13.2. The van der Waals surface area contributed by atoms with Crippen molar-refractivity contribution in [3.63, 3.8) is 0 Å². The largest absolute Gasteiger partial charge is 0.489 e. The molecule has 0 fully saturated rings. The van der Waals surface area contributed by atoms with E-state index in [-0.39, 0.29) is 5.82 Å². The van der Waals surface area contributed by atoms with Crippen molar-refractivity contribution >= 4 is 11.3 Å². The first-order valence-electron chi connectivity index (χ1n) is 7.28. The van der Waals surface area contributed by atoms with Gasteiger partial charge in [-0.15, -0.1) is 11.3 Å². The smallest absolute Gasteiger partial charge is 0.126 e. The fraction of sp³-hybridized carbons (Fsp3) is 0.412. The van der Waals surface area contributed by atoms with Crippen molar-refractivity contribution < 1.29 is 9.13 Å². The van der Waals surface area contributed by atoms with Crippen LogP contribution in [0.3, 0.4) is 0 Å². The zero-order valence-electron chi connectivity index (χ0n) is 12.8. The molecule has 1 N–H and O–H groups in total. The lowest BCUT2D eigenvalue weighted by Gasteiger charge is -2.07. The summed E-state index contributed by atoms with van der Waals surface area (Å²) in [7, 11) is 0. The molecule has 114 valence electrons. The van der Waals surface area contributed by atoms with Gasteiger partial charge in [-0.3, -0.25) is 0 Å². The first-order valence-corrected chi connectivity index (χ1v) is 8.09. The Balaban J connectivity index is 1.94. The van der Waals surface area contributed by atoms with Crippen molar-refractivity contribution in [2.45, 2.75) is 40.3 Å². The van der Waals surface area contributed by atoms with Crippen LogP contribution < -0.4 is 10.1 Å². The summed E-state index contributed by atoms with van der Waals surface area (Å²) in [5.74, 6) is 0.517. The number of hydrogen-bond donors (Lipinski definition) is 1. The zero-order chi connectivity index (χ0) is 15.2. The molecule has 0 aliphatic carbocycles. The number of nitrogens with one attached hydrogen (secondary N) is 1. The van der Waals surface area contributed by atoms with Gasteiger partial charge in [-0.05, 0) is 56.6 Å². The lowest BCUT2D eigenvalue weighted by molar-refractivity contribution is 0.305. The lowest BCUT2D eigenvalue weighted by atomic mass is 10.2. The Morgan fingerprint density at radius 3 is 2.76 bits per heavy atom. The summed E-state index contributed by atoms with van der Waals surface area (Å²) in [5.41, 5.74) is 1.81. The molecule has 0 amide bonds. The second-order valence-electron chi connectivity index (χ2n) is 5.17. The fourth-order valence-electron chi connectivity index (χ4n) is 2.07. The second-order valence-corrected chi connectivity index (χ2v) is 6.51. The van der Waals surface area contributed by atoms with E-state index in [1.54, 1.807) is 30.4 Å². The van der Waals surface area contributed by atoms with Crippen LogP contribution in [0.25, 0.3) is 0 Å². The monoisotopic (exact) mass is 307 g/mol. The Morgan fingerprint density at radius 1 is 1.24 bits per heavy atom. The summed E-state index contributed by atoms with van der Waals surface area (Å²) in [6.45, 7) is 8.50. The molecule has 0 aliphatic rings. The van der Waals surface area contributed by atoms with Gasteiger partial charge in [0.05, 0.1) is 0 Å². The minimum absolute atomic E-state index is 0.196. The molecule has 0 radical (unpaired) electrons. The molecule has 1 heterocycles. The van der Waals surface area contributed by atoms with E-state index in [0.29, 0.717) is 17.9 Å². The highest BCUT2D eigenvalue weighted by Gasteiger charge is 2.07. The van der Waals surface area contributed by atoms with E-state index < -0.39 is 0 Å². The van der Waals surface area contributed by atoms with Crippen LogP contribution >= 0.6 is 11.3 Å². The van der Waals surface area contributed by atoms with E-state index in [0.717, 1.165) is 19.5 Å². The van der Waals surface area contributed by atoms with Gasteiger partial charge >= 0.3 is 0 Å². The van der Waals surface area contributed by atoms with Crippen molar-refractivity contribution in [3.8, 4) is 5.75 Å². The van der Waals surface area contributed by atoms with Gasteiger partial charge in [0.1, 0.15) is 18.2 Å². The maximum Gasteiger partial charge on any atom is 0.126 e. The number of benzene rings is 1. The van der Waals surface area contributed by atoms with Gasteiger partial charge in [-0.2, -0.15) is 0 Å². The molecular weight excluding hydrogens is 285 g/mol. The van der Waals surface area contributed by atoms with Crippen LogP contribution in [0.1, 0.15) is 34.2 Å². The minimum Gasteiger partial charge on any atom is -0.489 e. The summed E-state index contributed by atoms with van der Waals surface area (Å²) in [6.07, 6.45) is 1.14. The van der Waals surface area contributed by atoms with Crippen molar-refractivity contribution in [3.05, 3.63) is 51.0 Å². The predicted octanol–water partition coefficient (Wildman–Crippen LogP) is 4.58. The number of thiophene rings is 1. The van der Waals surface area contributed by atoms with Crippen LogP contribution in [0.5, 0.6) is 5.75 Å². The van der Waals surface area contributed by atoms with Gasteiger partial charge in [0.15, 0.2) is 0 Å². The van der Waals surface area contributed by atoms with Crippen LogP contribution in [-0.4, -0.2) is 6.54 Å². The van der Waals surface area contributed by atoms with E-state index in [1.807, 2.05) is 0 Å². The molecule has 2 aromatic rings. The van der Waals surface area contributed by atoms with E-state index in [4.69, 9.17) is 4.74 Å². The van der Waals surface area contributed by atoms with E-state index in [9.17, 15) is 4.39 Å². The molecule has 0 saturated carbocycles. The highest BCUT2D eigenvalue weighted by Crippen LogP contribution is 2.24. The first-order chi connectivity index (χ1) is 10.1. The Kier molecular flexibility index (Phi) is 5.76. The molecule has 21 heavy (non-hydrogen) atoms. The van der Waals surface area contributed by atoms with Crippen molar-refractivity contribution in [2.24, 2.45) is 0 Å². The molecular formula is C17H22FNOS. The summed E-state index contributed by atoms with van der Waals surface area (Å²) < 4.78 is 19.0. The van der Waals surface area contributed by atoms with E-state index >= 15 is 0 Å². The molecule has 1 aromatic heterocycles. The Bertz CT molecular complexity index is 594. The molecule has 2 rings (SSSR count). The van der Waals surface area contributed by atoms with Crippen molar-refractivity contribution in [1.29, 1.82) is 0 Å². The van der Waals surface area contributed by atoms with Crippen LogP contribution in [0.2, 0.25) is 0 Å². The minimum atomic E-state index is -0.196. The number of ether oxygens (including phenoxy) is 1. The maximum absolute atomic E-state index is 13.2. The van der Waals surface area contributed by atoms with E-state index in [1.165, 1.54) is 21.4 Å². The fourth-order valence-corrected chi connectivity index (χ4v) is 3.09. The van der Waals surface area contributed by atoms with Crippen molar-refractivity contribution in [1.82, 2.24) is 5.32 Å². The Hall–Kier alpha value is -1.39. The number of hydrogen-bond acceptors (Lipinski definition) is 3. The van der Waals surface area contributed by atoms with Crippen LogP contribution in [0.15, 0.2) is 24.3 Å². The van der Waals surface area contributed by atoms with Gasteiger partial charge in [0.2, 0.25) is 0 Å². The standard InChI is InChI=1S/C17H22FNOS/c1-4-7-19-10-16-9-14(13(3)21-16)11-20-15-5-6-17(18)12(2)8-15/h5-6,8-9,19H,4,7,10-11H2,1-3H3. The molecule has 0 aliphatic heterocycles. The molecule has 0 bridgehead atoms. The summed E-state index contributed by atoms with van der Waals surface area (Å²) in [5, 5.41) is 3.41. The number of aryl methyl sites for hydroxylation is 2. The lowest BCUT2D eigenvalue weighted by Crippen LogP contribution is -2.12. The molecule has 4 heteroatoms. The molecule has 2 nitrogen and oxygen atoms in total. The van der Waals surface area contributed by atoms with Crippen LogP contribution in [-0.2, 0) is 13.2 Å². The summed E-state index contributed by atoms with van der Waals surface area (Å²) >= 11 is 1.80. The predicted molar refractivity (Wildman–Crippen MR) is 86.5 cm³/mol. The molecule has 0 unspecified atom stereocenters. The van der Waals surface area contributed by atoms with E-state index in [2.05, 4.69) is 25.2 Å². The normalized spacial score (nSPS) is 10.9. The first kappa shape index (κ1) is 16.0. The van der Waals surface area contributed by atoms with Gasteiger partial charge in [-0.25, -0.2) is 4.39 Å². The highest BCUT2D eigenvalue weighted by atomic mass is 32.1. The summed E-state index contributed by atoms with van der Waals surface area (Å²) in [4.78, 5) is 2.61. The van der Waals surface area contributed by atoms with Crippen molar-refractivity contribution in [2.75, 3.05) is 6.54 Å². The SMILES string of the molecule is CCCNCc1cc(COc2ccc(F)c(C)c2)c(C)s1. The van der Waals surface area contributed by atoms with Gasteiger partial charge in [0, 0.05) is 21.9 Å². The van der Waals surface area contributed by atoms with Gasteiger partial charge in [0.25, 0.3) is 0 Å². The highest BCUT2D eigenvalue weighted by molar-refractivity contribution is 7.12. The Morgan fingerprint density at radius 2 is 2.05 bits per heavy atom. The zero-order valence-corrected chi connectivity index (χ0v) is 13.6. The topological polar surface area (TPSA) is 21.3 Å². The number of halogens is 1. The third-order valence-electron chi connectivity index (χ3n) is 3.32. The molecule has 0 spiro atoms.